The van der Waals surface area contributed by atoms with Crippen LogP contribution in [0.3, 0.4) is 0 Å². The highest BCUT2D eigenvalue weighted by Crippen LogP contribution is 2.22. The fraction of sp³-hybridized carbons (Fsp3) is 0.900. The highest BCUT2D eigenvalue weighted by Gasteiger charge is 2.43. The highest BCUT2D eigenvalue weighted by atomic mass is 16.7. The molecular formula is C30H56N4O13. The number of aliphatic hydroxyl groups is 6. The zero-order chi connectivity index (χ0) is 34.9. The molecule has 0 saturated carbocycles. The Morgan fingerprint density at radius 3 is 1.74 bits per heavy atom. The molecule has 2 saturated heterocycles. The molecule has 0 unspecified atom stereocenters. The van der Waals surface area contributed by atoms with E-state index in [1.165, 1.54) is 0 Å². The molecule has 0 spiro atoms. The average Bonchev–Trinajstić information content (AvgIpc) is 3.04. The molecule has 17 nitrogen and oxygen atoms in total. The minimum absolute atomic E-state index is 0.0139. The number of rotatable bonds is 21. The van der Waals surface area contributed by atoms with Crippen molar-refractivity contribution in [1.29, 1.82) is 0 Å². The van der Waals surface area contributed by atoms with Crippen LogP contribution < -0.4 is 16.0 Å². The number of carbonyl (C=O) groups is 3. The Balaban J connectivity index is 1.72. The summed E-state index contributed by atoms with van der Waals surface area (Å²) in [5.74, 6) is -0.504. The number of hydrogen-bond donors (Lipinski definition) is 9. The van der Waals surface area contributed by atoms with Crippen LogP contribution in [-0.2, 0) is 33.3 Å². The van der Waals surface area contributed by atoms with Gasteiger partial charge in [0.2, 0.25) is 17.7 Å². The Kier molecular flexibility index (Phi) is 19.1. The first-order valence-electron chi connectivity index (χ1n) is 16.5. The molecule has 17 heteroatoms. The van der Waals surface area contributed by atoms with Gasteiger partial charge in [-0.3, -0.25) is 14.4 Å². The molecule has 9 N–H and O–H groups in total. The van der Waals surface area contributed by atoms with Gasteiger partial charge in [-0.05, 0) is 46.6 Å². The number of nitrogens with zero attached hydrogens (tertiary/aromatic N) is 1. The molecule has 10 atom stereocenters. The van der Waals surface area contributed by atoms with E-state index in [4.69, 9.17) is 18.9 Å². The molecule has 0 aromatic heterocycles. The molecule has 47 heavy (non-hydrogen) atoms. The second kappa shape index (κ2) is 21.8. The fourth-order valence-electron chi connectivity index (χ4n) is 5.13. The van der Waals surface area contributed by atoms with Crippen molar-refractivity contribution in [3.8, 4) is 0 Å². The number of ether oxygens (including phenoxy) is 4. The van der Waals surface area contributed by atoms with Crippen molar-refractivity contribution in [2.75, 3.05) is 52.5 Å². The van der Waals surface area contributed by atoms with Gasteiger partial charge in [0.25, 0.3) is 0 Å². The van der Waals surface area contributed by atoms with Crippen molar-refractivity contribution >= 4 is 17.7 Å². The van der Waals surface area contributed by atoms with Gasteiger partial charge in [-0.15, -0.1) is 0 Å². The van der Waals surface area contributed by atoms with E-state index >= 15 is 0 Å². The van der Waals surface area contributed by atoms with E-state index in [1.807, 2.05) is 6.92 Å². The van der Waals surface area contributed by atoms with Crippen molar-refractivity contribution in [3.63, 3.8) is 0 Å². The van der Waals surface area contributed by atoms with Crippen molar-refractivity contribution in [2.24, 2.45) is 0 Å². The molecule has 2 aliphatic heterocycles. The molecule has 0 aliphatic carbocycles. The molecule has 274 valence electrons. The maximum absolute atomic E-state index is 13.0. The third-order valence-electron chi connectivity index (χ3n) is 8.05. The highest BCUT2D eigenvalue weighted by molar-refractivity contribution is 5.79. The van der Waals surface area contributed by atoms with E-state index in [0.29, 0.717) is 51.9 Å². The summed E-state index contributed by atoms with van der Waals surface area (Å²) in [6, 6.07) is 0. The van der Waals surface area contributed by atoms with Crippen LogP contribution in [0.4, 0.5) is 0 Å². The van der Waals surface area contributed by atoms with Crippen molar-refractivity contribution < 1.29 is 64.0 Å². The lowest BCUT2D eigenvalue weighted by atomic mass is 10.0. The second-order valence-electron chi connectivity index (χ2n) is 11.8. The van der Waals surface area contributed by atoms with Crippen LogP contribution in [0.1, 0.15) is 59.3 Å². The number of unbranched alkanes of at least 4 members (excludes halogenated alkanes) is 1. The minimum Gasteiger partial charge on any atom is -0.388 e. The van der Waals surface area contributed by atoms with Gasteiger partial charge in [-0.1, -0.05) is 0 Å². The smallest absolute Gasteiger partial charge is 0.222 e. The second-order valence-corrected chi connectivity index (χ2v) is 11.8. The van der Waals surface area contributed by atoms with Gasteiger partial charge in [-0.25, -0.2) is 0 Å². The van der Waals surface area contributed by atoms with Gasteiger partial charge >= 0.3 is 0 Å². The Hall–Kier alpha value is -2.03. The van der Waals surface area contributed by atoms with Gasteiger partial charge in [0.1, 0.15) is 36.6 Å². The largest absolute Gasteiger partial charge is 0.388 e. The minimum atomic E-state index is -1.44. The first-order chi connectivity index (χ1) is 22.4. The van der Waals surface area contributed by atoms with Gasteiger partial charge in [0, 0.05) is 52.0 Å². The van der Waals surface area contributed by atoms with E-state index in [1.54, 1.807) is 18.7 Å². The van der Waals surface area contributed by atoms with E-state index < -0.39 is 61.4 Å². The molecule has 2 heterocycles. The predicted molar refractivity (Wildman–Crippen MR) is 165 cm³/mol. The van der Waals surface area contributed by atoms with Crippen LogP contribution in [0, 0.1) is 0 Å². The summed E-state index contributed by atoms with van der Waals surface area (Å²) in [5.41, 5.74) is 0. The third kappa shape index (κ3) is 14.2. The van der Waals surface area contributed by atoms with E-state index in [-0.39, 0.29) is 56.9 Å². The molecule has 2 aliphatic rings. The van der Waals surface area contributed by atoms with Crippen LogP contribution >= 0.6 is 0 Å². The lowest BCUT2D eigenvalue weighted by Crippen LogP contribution is -2.57. The van der Waals surface area contributed by atoms with Crippen LogP contribution in [0.25, 0.3) is 0 Å². The SMILES string of the molecule is CCNC(=O)CCCCC(=O)N(CCCNCCO[C@@H]1O[C@@H](C)[C@@H](O)[C@@H](O)[C@@H]1O)CCC(=O)NCCO[C@@H]1O[C@@H](C)[C@@H](O)[C@@H](O)[C@@H]1O. The monoisotopic (exact) mass is 680 g/mol. The molecule has 0 bridgehead atoms. The molecule has 3 amide bonds. The van der Waals surface area contributed by atoms with Crippen molar-refractivity contribution in [2.45, 2.75) is 121 Å². The topological polar surface area (TPSA) is 249 Å². The summed E-state index contributed by atoms with van der Waals surface area (Å²) in [6.45, 7) is 7.24. The maximum atomic E-state index is 13.0. The molecule has 0 aromatic rings. The summed E-state index contributed by atoms with van der Waals surface area (Å²) in [6.07, 6.45) is -9.43. The lowest BCUT2D eigenvalue weighted by molar-refractivity contribution is -0.292. The number of amides is 3. The normalized spacial score (nSPS) is 30.9. The summed E-state index contributed by atoms with van der Waals surface area (Å²) in [4.78, 5) is 38.8. The van der Waals surface area contributed by atoms with Crippen molar-refractivity contribution in [3.05, 3.63) is 0 Å². The number of nitrogens with one attached hydrogen (secondary N) is 3. The standard InChI is InChI=1S/C30H56N4O13/c1-4-32-20(35)8-5-6-9-22(37)34(14-7-11-31-12-16-44-29-27(42)25(40)23(38)18(2)46-29)15-10-21(36)33-13-17-45-30-28(43)26(41)24(39)19(3)47-30/h18-19,23-31,38-43H,4-17H2,1-3H3,(H,32,35)(H,33,36)/t18-,19-,23+,24+,25+,26+,27-,28-,29+,30+/m0/s1. The predicted octanol–water partition coefficient (Wildman–Crippen LogP) is -3.31. The zero-order valence-electron chi connectivity index (χ0n) is 27.7. The van der Waals surface area contributed by atoms with Crippen LogP contribution in [0.15, 0.2) is 0 Å². The van der Waals surface area contributed by atoms with Crippen LogP contribution in [0.5, 0.6) is 0 Å². The van der Waals surface area contributed by atoms with Crippen LogP contribution in [-0.4, -0.2) is 167 Å². The average molecular weight is 681 g/mol. The molecular weight excluding hydrogens is 624 g/mol. The van der Waals surface area contributed by atoms with Gasteiger partial charge < -0.3 is 70.4 Å². The Bertz CT molecular complexity index is 934. The van der Waals surface area contributed by atoms with E-state index in [0.717, 1.165) is 0 Å². The van der Waals surface area contributed by atoms with E-state index in [9.17, 15) is 45.0 Å². The summed E-state index contributed by atoms with van der Waals surface area (Å²) in [5, 5.41) is 68.0. The van der Waals surface area contributed by atoms with Crippen molar-refractivity contribution in [1.82, 2.24) is 20.9 Å². The first kappa shape index (κ1) is 41.1. The third-order valence-corrected chi connectivity index (χ3v) is 8.05. The molecule has 2 fully saturated rings. The summed E-state index contributed by atoms with van der Waals surface area (Å²) in [7, 11) is 0. The summed E-state index contributed by atoms with van der Waals surface area (Å²) >= 11 is 0. The van der Waals surface area contributed by atoms with Gasteiger partial charge in [-0.2, -0.15) is 0 Å². The Morgan fingerprint density at radius 2 is 1.17 bits per heavy atom. The van der Waals surface area contributed by atoms with Gasteiger partial charge in [0.05, 0.1) is 25.4 Å². The number of carbonyl (C=O) groups excluding carboxylic acids is 3. The quantitative estimate of drug-likeness (QED) is 0.0539. The zero-order valence-corrected chi connectivity index (χ0v) is 27.7. The first-order valence-corrected chi connectivity index (χ1v) is 16.5. The molecule has 0 radical (unpaired) electrons. The maximum Gasteiger partial charge on any atom is 0.222 e. The lowest BCUT2D eigenvalue weighted by Gasteiger charge is -2.38. The van der Waals surface area contributed by atoms with Crippen LogP contribution in [0.2, 0.25) is 0 Å². The fourth-order valence-corrected chi connectivity index (χ4v) is 5.13. The van der Waals surface area contributed by atoms with E-state index in [2.05, 4.69) is 16.0 Å². The van der Waals surface area contributed by atoms with Gasteiger partial charge in [0.15, 0.2) is 12.6 Å². The molecule has 0 aromatic carbocycles. The Morgan fingerprint density at radius 1 is 0.638 bits per heavy atom. The Labute approximate surface area is 275 Å². The number of aliphatic hydroxyl groups excluding tert-OH is 6. The summed E-state index contributed by atoms with van der Waals surface area (Å²) < 4.78 is 21.7. The molecule has 2 rings (SSSR count). The number of hydrogen-bond acceptors (Lipinski definition) is 14.